The van der Waals surface area contributed by atoms with E-state index in [2.05, 4.69) is 42.5 Å². The van der Waals surface area contributed by atoms with E-state index in [1.54, 1.807) is 0 Å². The van der Waals surface area contributed by atoms with Crippen LogP contribution in [0.2, 0.25) is 0 Å². The maximum absolute atomic E-state index is 14.8. The summed E-state index contributed by atoms with van der Waals surface area (Å²) in [4.78, 5) is 0. The van der Waals surface area contributed by atoms with Crippen LogP contribution in [0.3, 0.4) is 0 Å². The first-order valence-corrected chi connectivity index (χ1v) is 17.8. The van der Waals surface area contributed by atoms with Gasteiger partial charge in [0.15, 0.2) is 0 Å². The van der Waals surface area contributed by atoms with Gasteiger partial charge in [0.2, 0.25) is 0 Å². The van der Waals surface area contributed by atoms with Gasteiger partial charge in [0.1, 0.15) is 0 Å². The first-order valence-electron chi connectivity index (χ1n) is 17.8. The summed E-state index contributed by atoms with van der Waals surface area (Å²) in [5.41, 5.74) is 0. The molecular weight excluding hydrogens is 563 g/mol. The van der Waals surface area contributed by atoms with E-state index in [1.807, 2.05) is 6.42 Å². The van der Waals surface area contributed by atoms with Crippen LogP contribution in [0.5, 0.6) is 0 Å². The minimum atomic E-state index is -0.783. The molecular formula is C32H54FN8Ti-. The van der Waals surface area contributed by atoms with Crippen LogP contribution in [0.15, 0.2) is 0 Å². The summed E-state index contributed by atoms with van der Waals surface area (Å²) < 4.78 is 14.8. The number of nitrogens with one attached hydrogen (secondary N) is 8. The molecule has 17 unspecified atom stereocenters. The second kappa shape index (κ2) is 12.2. The third-order valence-corrected chi connectivity index (χ3v) is 13.6. The maximum atomic E-state index is 14.8. The van der Waals surface area contributed by atoms with E-state index in [0.717, 1.165) is 6.42 Å². The van der Waals surface area contributed by atoms with E-state index in [9.17, 15) is 4.39 Å². The second-order valence-electron chi connectivity index (χ2n) is 15.5. The zero-order valence-corrected chi connectivity index (χ0v) is 26.7. The topological polar surface area (TPSA) is 96.2 Å². The summed E-state index contributed by atoms with van der Waals surface area (Å²) in [6.07, 6.45) is 21.2. The van der Waals surface area contributed by atoms with Crippen molar-refractivity contribution < 1.29 is 26.1 Å². The van der Waals surface area contributed by atoms with Gasteiger partial charge in [-0.1, -0.05) is 38.5 Å². The van der Waals surface area contributed by atoms with Gasteiger partial charge in [-0.05, 0) is 99.0 Å². The second-order valence-corrected chi connectivity index (χ2v) is 15.5. The van der Waals surface area contributed by atoms with Crippen LogP contribution >= 0.6 is 0 Å². The van der Waals surface area contributed by atoms with E-state index in [-0.39, 0.29) is 46.1 Å². The van der Waals surface area contributed by atoms with Crippen molar-refractivity contribution in [3.63, 3.8) is 0 Å². The molecule has 234 valence electrons. The molecule has 4 saturated carbocycles. The predicted molar refractivity (Wildman–Crippen MR) is 157 cm³/mol. The van der Waals surface area contributed by atoms with Crippen molar-refractivity contribution in [1.29, 1.82) is 0 Å². The Balaban J connectivity index is 0.00000267. The van der Waals surface area contributed by atoms with Gasteiger partial charge in [-0.15, -0.1) is 5.92 Å². The zero-order chi connectivity index (χ0) is 27.1. The van der Waals surface area contributed by atoms with E-state index < -0.39 is 6.17 Å². The van der Waals surface area contributed by atoms with Crippen LogP contribution in [0, 0.1) is 53.8 Å². The van der Waals surface area contributed by atoms with Gasteiger partial charge in [0, 0.05) is 27.9 Å². The number of halogens is 1. The molecule has 0 aromatic carbocycles. The summed E-state index contributed by atoms with van der Waals surface area (Å²) in [5, 5.41) is 33.0. The summed E-state index contributed by atoms with van der Waals surface area (Å²) in [6.45, 7) is 0. The average Bonchev–Trinajstić information content (AvgIpc) is 3.72. The number of fused-ring (bicyclic) bond motifs is 20. The molecule has 5 aliphatic heterocycles. The molecule has 10 heteroatoms. The number of alkyl halides is 1. The molecule has 0 aromatic heterocycles. The fourth-order valence-electron chi connectivity index (χ4n) is 11.7. The molecule has 9 aliphatic rings. The van der Waals surface area contributed by atoms with Crippen molar-refractivity contribution in [2.75, 3.05) is 0 Å². The van der Waals surface area contributed by atoms with Crippen LogP contribution in [0.1, 0.15) is 89.9 Å². The fourth-order valence-corrected chi connectivity index (χ4v) is 11.7. The van der Waals surface area contributed by atoms with Gasteiger partial charge < -0.3 is 0 Å². The third kappa shape index (κ3) is 5.12. The molecule has 9 fully saturated rings. The minimum Gasteiger partial charge on any atom is -0.289 e. The van der Waals surface area contributed by atoms with Crippen LogP contribution in [0.25, 0.3) is 0 Å². The molecule has 8 nitrogen and oxygen atoms in total. The normalized spacial score (nSPS) is 56.9. The smallest absolute Gasteiger partial charge is 0.0628 e. The Morgan fingerprint density at radius 2 is 0.643 bits per heavy atom. The summed E-state index contributed by atoms with van der Waals surface area (Å²) in [6, 6.07) is 0. The van der Waals surface area contributed by atoms with Crippen molar-refractivity contribution in [2.45, 2.75) is 145 Å². The van der Waals surface area contributed by atoms with Crippen molar-refractivity contribution in [1.82, 2.24) is 42.5 Å². The number of rotatable bonds is 0. The molecule has 9 rings (SSSR count). The van der Waals surface area contributed by atoms with Gasteiger partial charge in [0.25, 0.3) is 0 Å². The van der Waals surface area contributed by atoms with Crippen molar-refractivity contribution in [2.24, 2.45) is 47.3 Å². The first kappa shape index (κ1) is 29.7. The van der Waals surface area contributed by atoms with E-state index in [0.29, 0.717) is 78.7 Å². The van der Waals surface area contributed by atoms with Crippen LogP contribution in [-0.2, 0) is 21.7 Å². The van der Waals surface area contributed by atoms with Gasteiger partial charge in [-0.25, -0.2) is 0 Å². The Morgan fingerprint density at radius 3 is 0.976 bits per heavy atom. The molecule has 8 bridgehead atoms. The van der Waals surface area contributed by atoms with Gasteiger partial charge in [-0.3, -0.25) is 53.3 Å². The van der Waals surface area contributed by atoms with Crippen molar-refractivity contribution >= 4 is 0 Å². The Labute approximate surface area is 267 Å². The standard InChI is InChI=1S/C32H54FN8.Ti/c33-16-13-14-23-24(15-16)32-40-30-22-12-6-5-11-21(22)28(38-30)36-26-18-8-2-1-7-17(18)25(34-26)35-27-19-9-3-4-10-20(19)29(37-27)39-31(23)41-32;/h15-32,34-41H,1-14H2;/q-1;. The summed E-state index contributed by atoms with van der Waals surface area (Å²) >= 11 is 0. The largest absolute Gasteiger partial charge is 0.289 e. The van der Waals surface area contributed by atoms with E-state index in [4.69, 9.17) is 0 Å². The molecule has 0 aromatic rings. The predicted octanol–water partition coefficient (Wildman–Crippen LogP) is 2.37. The first-order chi connectivity index (χ1) is 20.2. The maximum Gasteiger partial charge on any atom is 0.0628 e. The Bertz CT molecular complexity index is 959. The molecule has 0 radical (unpaired) electrons. The number of hydrogen-bond donors (Lipinski definition) is 8. The van der Waals surface area contributed by atoms with Crippen LogP contribution in [-0.4, -0.2) is 55.5 Å². The summed E-state index contributed by atoms with van der Waals surface area (Å²) in [5.74, 6) is 4.68. The average molecular weight is 618 g/mol. The molecule has 0 amide bonds. The van der Waals surface area contributed by atoms with Gasteiger partial charge >= 0.3 is 0 Å². The van der Waals surface area contributed by atoms with Crippen LogP contribution in [0.4, 0.5) is 4.39 Å². The monoisotopic (exact) mass is 617 g/mol. The molecule has 42 heavy (non-hydrogen) atoms. The van der Waals surface area contributed by atoms with E-state index in [1.165, 1.54) is 77.0 Å². The van der Waals surface area contributed by atoms with Gasteiger partial charge in [0.05, 0.1) is 43.2 Å². The van der Waals surface area contributed by atoms with Gasteiger partial charge in [-0.2, -0.15) is 0 Å². The zero-order valence-electron chi connectivity index (χ0n) is 25.2. The SMILES string of the molecule is FC1[CH-]C2C3NC(NC4NC(NC5NC(NC6NC(N3)C3CCCCC63)C3CCCCC53)C3CCCCC43)C2CC1.[Ti]. The Morgan fingerprint density at radius 1 is 0.357 bits per heavy atom. The Hall–Kier alpha value is 0.324. The van der Waals surface area contributed by atoms with Crippen molar-refractivity contribution in [3.8, 4) is 0 Å². The molecule has 8 N–H and O–H groups in total. The quantitative estimate of drug-likeness (QED) is 0.155. The van der Waals surface area contributed by atoms with Crippen molar-refractivity contribution in [3.05, 3.63) is 6.42 Å². The minimum absolute atomic E-state index is 0. The summed E-state index contributed by atoms with van der Waals surface area (Å²) in [7, 11) is 0. The number of hydrogen-bond acceptors (Lipinski definition) is 8. The molecule has 5 saturated heterocycles. The van der Waals surface area contributed by atoms with E-state index >= 15 is 0 Å². The molecule has 0 spiro atoms. The third-order valence-electron chi connectivity index (χ3n) is 13.6. The molecule has 4 aliphatic carbocycles. The fraction of sp³-hybridized carbons (Fsp3) is 0.969. The molecule has 17 atom stereocenters. The Kier molecular flexibility index (Phi) is 8.60. The molecule has 5 heterocycles. The van der Waals surface area contributed by atoms with Crippen LogP contribution < -0.4 is 42.5 Å².